The zero-order valence-electron chi connectivity index (χ0n) is 10.6. The van der Waals surface area contributed by atoms with Gasteiger partial charge in [0.05, 0.1) is 12.1 Å². The van der Waals surface area contributed by atoms with E-state index in [9.17, 15) is 4.79 Å². The number of aliphatic carboxylic acids is 1. The van der Waals surface area contributed by atoms with Gasteiger partial charge in [0, 0.05) is 20.6 Å². The van der Waals surface area contributed by atoms with Crippen molar-refractivity contribution in [3.05, 3.63) is 38.8 Å². The van der Waals surface area contributed by atoms with Crippen LogP contribution in [0.3, 0.4) is 0 Å². The zero-order chi connectivity index (χ0) is 14.7. The lowest BCUT2D eigenvalue weighted by atomic mass is 10.2. The third kappa shape index (κ3) is 4.10. The lowest BCUT2D eigenvalue weighted by Crippen LogP contribution is -1.96. The van der Waals surface area contributed by atoms with E-state index in [2.05, 4.69) is 10.3 Å². The van der Waals surface area contributed by atoms with Gasteiger partial charge in [-0.2, -0.15) is 0 Å². The van der Waals surface area contributed by atoms with Gasteiger partial charge in [0.1, 0.15) is 0 Å². The predicted octanol–water partition coefficient (Wildman–Crippen LogP) is 4.52. The van der Waals surface area contributed by atoms with Crippen molar-refractivity contribution in [1.29, 1.82) is 0 Å². The normalized spacial score (nSPS) is 10.6. The van der Waals surface area contributed by atoms with Gasteiger partial charge in [0.15, 0.2) is 5.13 Å². The number of hydrogen-bond acceptors (Lipinski definition) is 4. The maximum absolute atomic E-state index is 10.6. The average molecular weight is 331 g/mol. The Balaban J connectivity index is 2.13. The van der Waals surface area contributed by atoms with E-state index < -0.39 is 5.97 Å². The summed E-state index contributed by atoms with van der Waals surface area (Å²) in [7, 11) is 0. The molecule has 1 aromatic heterocycles. The van der Waals surface area contributed by atoms with Crippen LogP contribution in [0.5, 0.6) is 0 Å². The average Bonchev–Trinajstić information content (AvgIpc) is 2.65. The summed E-state index contributed by atoms with van der Waals surface area (Å²) in [6, 6.07) is 5.15. The molecule has 0 spiro atoms. The molecule has 20 heavy (non-hydrogen) atoms. The topological polar surface area (TPSA) is 62.2 Å². The summed E-state index contributed by atoms with van der Waals surface area (Å²) in [5, 5.41) is 13.6. The molecule has 0 aliphatic carbocycles. The molecule has 2 N–H and O–H groups in total. The fourth-order valence-corrected chi connectivity index (χ4v) is 3.19. The van der Waals surface area contributed by atoms with Crippen molar-refractivity contribution in [1.82, 2.24) is 4.98 Å². The quantitative estimate of drug-likeness (QED) is 0.846. The maximum Gasteiger partial charge on any atom is 0.303 e. The highest BCUT2D eigenvalue weighted by Gasteiger charge is 2.10. The van der Waals surface area contributed by atoms with E-state index in [1.807, 2.05) is 6.92 Å². The fourth-order valence-electron chi connectivity index (χ4n) is 1.68. The van der Waals surface area contributed by atoms with Crippen molar-refractivity contribution in [3.63, 3.8) is 0 Å². The lowest BCUT2D eigenvalue weighted by Gasteiger charge is -2.03. The van der Waals surface area contributed by atoms with Crippen LogP contribution in [-0.4, -0.2) is 16.1 Å². The third-order valence-electron chi connectivity index (χ3n) is 2.57. The Morgan fingerprint density at radius 1 is 1.35 bits per heavy atom. The molecule has 0 aliphatic heterocycles. The summed E-state index contributed by atoms with van der Waals surface area (Å²) in [5.41, 5.74) is 1.59. The van der Waals surface area contributed by atoms with Crippen LogP contribution < -0.4 is 5.32 Å². The van der Waals surface area contributed by atoms with Crippen molar-refractivity contribution in [2.24, 2.45) is 0 Å². The second-order valence-corrected chi connectivity index (χ2v) is 6.16. The first-order valence-corrected chi connectivity index (χ1v) is 7.42. The first kappa shape index (κ1) is 15.1. The minimum absolute atomic E-state index is 0.103. The fraction of sp³-hybridized carbons (Fsp3) is 0.231. The van der Waals surface area contributed by atoms with Crippen molar-refractivity contribution >= 4 is 51.3 Å². The summed E-state index contributed by atoms with van der Waals surface area (Å²) < 4.78 is 0. The number of aromatic nitrogens is 1. The Morgan fingerprint density at radius 3 is 2.60 bits per heavy atom. The number of rotatable bonds is 5. The highest BCUT2D eigenvalue weighted by Crippen LogP contribution is 2.29. The number of carboxylic acid groups (broad SMARTS) is 1. The Labute approximate surface area is 130 Å². The minimum atomic E-state index is -0.811. The minimum Gasteiger partial charge on any atom is -0.481 e. The maximum atomic E-state index is 10.6. The standard InChI is InChI=1S/C13H12Cl2N2O2S/c1-7-11(2-3-12(18)19)20-13(16-7)17-10-5-8(14)4-9(15)6-10/h4-6H,2-3H2,1H3,(H,16,17)(H,18,19). The second-order valence-electron chi connectivity index (χ2n) is 4.20. The predicted molar refractivity (Wildman–Crippen MR) is 82.6 cm³/mol. The van der Waals surface area contributed by atoms with E-state index in [4.69, 9.17) is 28.3 Å². The number of benzene rings is 1. The van der Waals surface area contributed by atoms with Crippen LogP contribution in [0.25, 0.3) is 0 Å². The zero-order valence-corrected chi connectivity index (χ0v) is 12.9. The molecule has 0 saturated heterocycles. The Hall–Kier alpha value is -1.30. The molecule has 0 saturated carbocycles. The van der Waals surface area contributed by atoms with Gasteiger partial charge in [-0.1, -0.05) is 23.2 Å². The highest BCUT2D eigenvalue weighted by molar-refractivity contribution is 7.15. The molecule has 0 unspecified atom stereocenters. The number of carbonyl (C=O) groups is 1. The van der Waals surface area contributed by atoms with Crippen LogP contribution in [-0.2, 0) is 11.2 Å². The van der Waals surface area contributed by atoms with E-state index in [0.29, 0.717) is 21.6 Å². The molecule has 0 atom stereocenters. The van der Waals surface area contributed by atoms with Crippen molar-refractivity contribution in [3.8, 4) is 0 Å². The van der Waals surface area contributed by atoms with Crippen molar-refractivity contribution in [2.45, 2.75) is 19.8 Å². The van der Waals surface area contributed by atoms with E-state index in [1.54, 1.807) is 18.2 Å². The van der Waals surface area contributed by atoms with Gasteiger partial charge in [0.2, 0.25) is 0 Å². The summed E-state index contributed by atoms with van der Waals surface area (Å²) in [4.78, 5) is 15.9. The molecule has 0 fully saturated rings. The Bertz CT molecular complexity index is 623. The van der Waals surface area contributed by atoms with Crippen molar-refractivity contribution in [2.75, 3.05) is 5.32 Å². The summed E-state index contributed by atoms with van der Waals surface area (Å²) >= 11 is 13.3. The van der Waals surface area contributed by atoms with Gasteiger partial charge in [0.25, 0.3) is 0 Å². The number of halogens is 2. The Morgan fingerprint density at radius 2 is 2.00 bits per heavy atom. The van der Waals surface area contributed by atoms with Gasteiger partial charge in [-0.25, -0.2) is 4.98 Å². The summed E-state index contributed by atoms with van der Waals surface area (Å²) in [6.45, 7) is 1.86. The number of thiazole rings is 1. The monoisotopic (exact) mass is 330 g/mol. The van der Waals surface area contributed by atoms with Gasteiger partial charge < -0.3 is 10.4 Å². The second kappa shape index (κ2) is 6.43. The van der Waals surface area contributed by atoms with Gasteiger partial charge >= 0.3 is 5.97 Å². The van der Waals surface area contributed by atoms with E-state index >= 15 is 0 Å². The first-order chi connectivity index (χ1) is 9.44. The number of carboxylic acids is 1. The van der Waals surface area contributed by atoms with Crippen LogP contribution in [0.2, 0.25) is 10.0 Å². The van der Waals surface area contributed by atoms with Crippen LogP contribution in [0, 0.1) is 6.92 Å². The molecule has 1 heterocycles. The lowest BCUT2D eigenvalue weighted by molar-refractivity contribution is -0.136. The highest BCUT2D eigenvalue weighted by atomic mass is 35.5. The number of hydrogen-bond donors (Lipinski definition) is 2. The molecular weight excluding hydrogens is 319 g/mol. The molecule has 0 aliphatic rings. The SMILES string of the molecule is Cc1nc(Nc2cc(Cl)cc(Cl)c2)sc1CCC(=O)O. The molecule has 0 radical (unpaired) electrons. The van der Waals surface area contributed by atoms with E-state index in [1.165, 1.54) is 11.3 Å². The third-order valence-corrected chi connectivity index (χ3v) is 4.14. The van der Waals surface area contributed by atoms with Gasteiger partial charge in [-0.05, 0) is 31.5 Å². The molecule has 1 aromatic carbocycles. The Kier molecular flexibility index (Phi) is 4.86. The molecule has 106 valence electrons. The molecule has 2 aromatic rings. The molecular formula is C13H12Cl2N2O2S. The number of nitrogens with one attached hydrogen (secondary N) is 1. The smallest absolute Gasteiger partial charge is 0.303 e. The van der Waals surface area contributed by atoms with E-state index in [-0.39, 0.29) is 6.42 Å². The van der Waals surface area contributed by atoms with Crippen LogP contribution in [0.1, 0.15) is 17.0 Å². The first-order valence-electron chi connectivity index (χ1n) is 5.85. The molecule has 0 amide bonds. The van der Waals surface area contributed by atoms with Gasteiger partial charge in [-0.3, -0.25) is 4.79 Å². The number of anilines is 2. The number of aryl methyl sites for hydroxylation is 2. The molecule has 4 nitrogen and oxygen atoms in total. The number of nitrogens with zero attached hydrogens (tertiary/aromatic N) is 1. The van der Waals surface area contributed by atoms with E-state index in [0.717, 1.165) is 16.3 Å². The van der Waals surface area contributed by atoms with Crippen LogP contribution >= 0.6 is 34.5 Å². The molecule has 2 rings (SSSR count). The molecule has 0 bridgehead atoms. The largest absolute Gasteiger partial charge is 0.481 e. The summed E-state index contributed by atoms with van der Waals surface area (Å²) in [5.74, 6) is -0.811. The van der Waals surface area contributed by atoms with Crippen molar-refractivity contribution < 1.29 is 9.90 Å². The van der Waals surface area contributed by atoms with Crippen LogP contribution in [0.15, 0.2) is 18.2 Å². The van der Waals surface area contributed by atoms with Gasteiger partial charge in [-0.15, -0.1) is 11.3 Å². The molecule has 7 heteroatoms. The van der Waals surface area contributed by atoms with Crippen LogP contribution in [0.4, 0.5) is 10.8 Å². The summed E-state index contributed by atoms with van der Waals surface area (Å²) in [6.07, 6.45) is 0.586.